The summed E-state index contributed by atoms with van der Waals surface area (Å²) < 4.78 is 7.59. The Kier molecular flexibility index (Phi) is 4.41. The molecule has 1 aliphatic heterocycles. The van der Waals surface area contributed by atoms with E-state index in [-0.39, 0.29) is 5.38 Å². The molecule has 2 fully saturated rings. The van der Waals surface area contributed by atoms with Crippen LogP contribution >= 0.6 is 11.6 Å². The van der Waals surface area contributed by atoms with E-state index in [4.69, 9.17) is 16.3 Å². The number of hydrogen-bond donors (Lipinski definition) is 1. The number of benzene rings is 1. The van der Waals surface area contributed by atoms with Gasteiger partial charge in [0, 0.05) is 11.9 Å². The van der Waals surface area contributed by atoms with Crippen molar-refractivity contribution >= 4 is 11.6 Å². The number of nitrogens with zero attached hydrogens (tertiary/aromatic N) is 4. The number of aromatic nitrogens is 4. The van der Waals surface area contributed by atoms with Gasteiger partial charge >= 0.3 is 0 Å². The molecule has 128 valence electrons. The Balaban J connectivity index is 1.31. The average Bonchev–Trinajstić information content (AvgIpc) is 3.18. The molecule has 2 aromatic rings. The van der Waals surface area contributed by atoms with Crippen molar-refractivity contribution in [1.82, 2.24) is 25.5 Å². The van der Waals surface area contributed by atoms with E-state index < -0.39 is 0 Å². The highest BCUT2D eigenvalue weighted by Gasteiger charge is 2.51. The maximum atomic E-state index is 6.55. The Bertz CT molecular complexity index is 656. The third-order valence-electron chi connectivity index (χ3n) is 5.41. The predicted octanol–water partition coefficient (Wildman–Crippen LogP) is 2.43. The van der Waals surface area contributed by atoms with Gasteiger partial charge in [-0.25, -0.2) is 4.68 Å². The minimum atomic E-state index is 0.261. The normalized spacial score (nSPS) is 25.4. The number of rotatable bonds is 6. The Morgan fingerprint density at radius 2 is 2.12 bits per heavy atom. The van der Waals surface area contributed by atoms with Gasteiger partial charge in [0.05, 0.1) is 12.3 Å². The first kappa shape index (κ1) is 15.8. The molecule has 0 radical (unpaired) electrons. The highest BCUT2D eigenvalue weighted by Crippen LogP contribution is 2.58. The van der Waals surface area contributed by atoms with E-state index in [9.17, 15) is 0 Å². The standard InChI is InChI=1S/C17H22ClN5O/c18-16-11-19-9-5-15(16)17(6-7-17)8-10-24-14-3-1-13(2-4-14)23-12-20-21-22-23/h1-4,12,15-16,19H,5-11H2. The van der Waals surface area contributed by atoms with Crippen LogP contribution in [0.1, 0.15) is 25.7 Å². The number of halogens is 1. The minimum Gasteiger partial charge on any atom is -0.494 e. The summed E-state index contributed by atoms with van der Waals surface area (Å²) in [6.45, 7) is 2.78. The second-order valence-corrected chi connectivity index (χ2v) is 7.38. The fraction of sp³-hybridized carbons (Fsp3) is 0.588. The Morgan fingerprint density at radius 1 is 1.29 bits per heavy atom. The van der Waals surface area contributed by atoms with Crippen molar-refractivity contribution in [2.45, 2.75) is 31.1 Å². The molecule has 1 saturated heterocycles. The summed E-state index contributed by atoms with van der Waals surface area (Å²) in [4.78, 5) is 0. The highest BCUT2D eigenvalue weighted by molar-refractivity contribution is 6.21. The summed E-state index contributed by atoms with van der Waals surface area (Å²) in [6.07, 6.45) is 6.45. The van der Waals surface area contributed by atoms with Crippen LogP contribution in [0, 0.1) is 11.3 Å². The number of ether oxygens (including phenoxy) is 1. The SMILES string of the molecule is ClC1CNCCC1C1(CCOc2ccc(-n3cnnn3)cc2)CC1. The number of hydrogen-bond acceptors (Lipinski definition) is 5. The van der Waals surface area contributed by atoms with E-state index in [2.05, 4.69) is 20.8 Å². The zero-order valence-electron chi connectivity index (χ0n) is 13.6. The molecule has 4 rings (SSSR count). The molecule has 7 heteroatoms. The van der Waals surface area contributed by atoms with Gasteiger partial charge in [0.25, 0.3) is 0 Å². The molecule has 1 aromatic carbocycles. The topological polar surface area (TPSA) is 64.9 Å². The number of alkyl halides is 1. The van der Waals surface area contributed by atoms with Crippen LogP contribution in [0.3, 0.4) is 0 Å². The van der Waals surface area contributed by atoms with Gasteiger partial charge in [0.1, 0.15) is 12.1 Å². The van der Waals surface area contributed by atoms with E-state index in [0.717, 1.165) is 37.6 Å². The minimum absolute atomic E-state index is 0.261. The lowest BCUT2D eigenvalue weighted by atomic mass is 9.80. The van der Waals surface area contributed by atoms with Gasteiger partial charge in [-0.2, -0.15) is 0 Å². The van der Waals surface area contributed by atoms with Crippen molar-refractivity contribution in [3.05, 3.63) is 30.6 Å². The fourth-order valence-electron chi connectivity index (χ4n) is 3.82. The molecule has 0 bridgehead atoms. The van der Waals surface area contributed by atoms with Crippen LogP contribution in [0.4, 0.5) is 0 Å². The first-order chi connectivity index (χ1) is 11.8. The maximum Gasteiger partial charge on any atom is 0.143 e. The lowest BCUT2D eigenvalue weighted by Crippen LogP contribution is -2.41. The van der Waals surface area contributed by atoms with Crippen molar-refractivity contribution in [3.63, 3.8) is 0 Å². The van der Waals surface area contributed by atoms with E-state index in [1.54, 1.807) is 11.0 Å². The summed E-state index contributed by atoms with van der Waals surface area (Å²) in [5, 5.41) is 14.8. The van der Waals surface area contributed by atoms with Gasteiger partial charge in [0.15, 0.2) is 0 Å². The first-order valence-corrected chi connectivity index (χ1v) is 9.02. The van der Waals surface area contributed by atoms with Gasteiger partial charge in [-0.3, -0.25) is 0 Å². The summed E-state index contributed by atoms with van der Waals surface area (Å²) in [5.41, 5.74) is 1.34. The fourth-order valence-corrected chi connectivity index (χ4v) is 4.33. The largest absolute Gasteiger partial charge is 0.494 e. The summed E-state index contributed by atoms with van der Waals surface area (Å²) in [7, 11) is 0. The van der Waals surface area contributed by atoms with Crippen LogP contribution in [0.2, 0.25) is 0 Å². The van der Waals surface area contributed by atoms with Crippen molar-refractivity contribution in [2.75, 3.05) is 19.7 Å². The third-order valence-corrected chi connectivity index (χ3v) is 5.86. The van der Waals surface area contributed by atoms with Gasteiger partial charge < -0.3 is 10.1 Å². The molecule has 1 saturated carbocycles. The molecule has 1 aliphatic carbocycles. The molecule has 2 heterocycles. The molecular formula is C17H22ClN5O. The average molecular weight is 348 g/mol. The van der Waals surface area contributed by atoms with Crippen LogP contribution in [0.5, 0.6) is 5.75 Å². The molecule has 2 aliphatic rings. The monoisotopic (exact) mass is 347 g/mol. The predicted molar refractivity (Wildman–Crippen MR) is 91.6 cm³/mol. The van der Waals surface area contributed by atoms with Crippen molar-refractivity contribution in [1.29, 1.82) is 0 Å². The summed E-state index contributed by atoms with van der Waals surface area (Å²) in [5.74, 6) is 1.52. The molecule has 6 nitrogen and oxygen atoms in total. The Hall–Kier alpha value is -1.66. The summed E-state index contributed by atoms with van der Waals surface area (Å²) in [6, 6.07) is 7.84. The third kappa shape index (κ3) is 3.26. The van der Waals surface area contributed by atoms with Crippen LogP contribution in [0.25, 0.3) is 5.69 Å². The first-order valence-electron chi connectivity index (χ1n) is 8.58. The van der Waals surface area contributed by atoms with Crippen LogP contribution in [0.15, 0.2) is 30.6 Å². The van der Waals surface area contributed by atoms with E-state index >= 15 is 0 Å². The molecule has 0 spiro atoms. The van der Waals surface area contributed by atoms with Crippen LogP contribution in [-0.4, -0.2) is 45.3 Å². The smallest absolute Gasteiger partial charge is 0.143 e. The summed E-state index contributed by atoms with van der Waals surface area (Å²) >= 11 is 6.55. The van der Waals surface area contributed by atoms with Gasteiger partial charge in [0.2, 0.25) is 0 Å². The highest BCUT2D eigenvalue weighted by atomic mass is 35.5. The van der Waals surface area contributed by atoms with Crippen molar-refractivity contribution < 1.29 is 4.74 Å². The van der Waals surface area contributed by atoms with Crippen LogP contribution in [-0.2, 0) is 0 Å². The number of tetrazole rings is 1. The second-order valence-electron chi connectivity index (χ2n) is 6.82. The Morgan fingerprint density at radius 3 is 2.79 bits per heavy atom. The van der Waals surface area contributed by atoms with Gasteiger partial charge in [-0.05, 0) is 78.3 Å². The van der Waals surface area contributed by atoms with E-state index in [1.807, 2.05) is 24.3 Å². The van der Waals surface area contributed by atoms with E-state index in [1.165, 1.54) is 19.3 Å². The van der Waals surface area contributed by atoms with Crippen molar-refractivity contribution in [2.24, 2.45) is 11.3 Å². The van der Waals surface area contributed by atoms with Gasteiger partial charge in [-0.1, -0.05) is 0 Å². The number of piperidine rings is 1. The second kappa shape index (κ2) is 6.69. The molecule has 24 heavy (non-hydrogen) atoms. The Labute approximate surface area is 146 Å². The molecule has 2 unspecified atom stereocenters. The quantitative estimate of drug-likeness (QED) is 0.813. The molecule has 1 N–H and O–H groups in total. The van der Waals surface area contributed by atoms with Crippen molar-refractivity contribution in [3.8, 4) is 11.4 Å². The zero-order valence-corrected chi connectivity index (χ0v) is 14.3. The number of nitrogens with one attached hydrogen (secondary N) is 1. The molecular weight excluding hydrogens is 326 g/mol. The zero-order chi connectivity index (χ0) is 16.4. The molecule has 1 aromatic heterocycles. The van der Waals surface area contributed by atoms with Gasteiger partial charge in [-0.15, -0.1) is 16.7 Å². The van der Waals surface area contributed by atoms with E-state index in [0.29, 0.717) is 11.3 Å². The molecule has 0 amide bonds. The lowest BCUT2D eigenvalue weighted by Gasteiger charge is -2.34. The lowest BCUT2D eigenvalue weighted by molar-refractivity contribution is 0.188. The molecule has 2 atom stereocenters. The van der Waals surface area contributed by atoms with Crippen LogP contribution < -0.4 is 10.1 Å². The maximum absolute atomic E-state index is 6.55.